The van der Waals surface area contributed by atoms with Crippen molar-refractivity contribution in [2.45, 2.75) is 86.8 Å². The van der Waals surface area contributed by atoms with Gasteiger partial charge in [0.15, 0.2) is 0 Å². The Kier molecular flexibility index (Phi) is 9.40. The molecule has 46 heavy (non-hydrogen) atoms. The first-order valence-electron chi connectivity index (χ1n) is 12.7. The Hall–Kier alpha value is -3.42. The van der Waals surface area contributed by atoms with Crippen LogP contribution < -0.4 is 0 Å². The summed E-state index contributed by atoms with van der Waals surface area (Å²) in [4.78, 5) is 4.37. The van der Waals surface area contributed by atoms with Crippen molar-refractivity contribution in [3.63, 3.8) is 0 Å². The third kappa shape index (κ3) is 5.70. The van der Waals surface area contributed by atoms with Crippen molar-refractivity contribution in [2.24, 2.45) is 0 Å². The Morgan fingerprint density at radius 1 is 0.674 bits per heavy atom. The lowest BCUT2D eigenvalue weighted by atomic mass is 9.88. The number of halogens is 17. The number of fused-ring (bicyclic) bond motifs is 1. The number of aromatic nitrogens is 4. The quantitative estimate of drug-likeness (QED) is 0.167. The van der Waals surface area contributed by atoms with Gasteiger partial charge < -0.3 is 0 Å². The largest absolute Gasteiger partial charge is 0.460 e. The first kappa shape index (κ1) is 37.0. The van der Waals surface area contributed by atoms with Crippen molar-refractivity contribution in [1.82, 2.24) is 20.0 Å². The van der Waals surface area contributed by atoms with Gasteiger partial charge in [0, 0.05) is 18.4 Å². The molecule has 1 aromatic carbocycles. The lowest BCUT2D eigenvalue weighted by Crippen LogP contribution is -2.74. The van der Waals surface area contributed by atoms with Crippen LogP contribution in [0.2, 0.25) is 0 Å². The number of aryl methyl sites for hydroxylation is 2. The van der Waals surface area contributed by atoms with E-state index in [4.69, 9.17) is 0 Å². The van der Waals surface area contributed by atoms with E-state index < -0.39 is 60.6 Å². The standard InChI is InChI=1S/C25H19F17N4/c1-2-3-6-14-11-13-7-4-5-8-15(13)43-17(14)16-12-46(45-44-16)10-9-18(26,27)19(28,29)20(30,31)21(32,33)22(34,35)23(36,37)24(38,39)25(40,41)42/h4-5,7-8,11-12H,2-3,6,9-10H2,1H3. The molecule has 0 saturated carbocycles. The zero-order chi connectivity index (χ0) is 35.4. The highest BCUT2D eigenvalue weighted by Gasteiger charge is 2.95. The van der Waals surface area contributed by atoms with Gasteiger partial charge in [-0.25, -0.2) is 4.98 Å². The Bertz CT molecular complexity index is 1530. The van der Waals surface area contributed by atoms with E-state index in [1.54, 1.807) is 30.3 Å². The molecule has 2 aromatic heterocycles. The van der Waals surface area contributed by atoms with Gasteiger partial charge >= 0.3 is 47.6 Å². The van der Waals surface area contributed by atoms with Crippen molar-refractivity contribution in [3.8, 4) is 11.4 Å². The molecule has 0 aliphatic heterocycles. The highest BCUT2D eigenvalue weighted by Crippen LogP contribution is 2.64. The SMILES string of the molecule is CCCCc1cc2ccccc2nc1-c1cn(CCC(F)(F)C(F)(F)C(F)(F)C(F)(F)C(F)(F)C(F)(F)C(F)(F)C(F)(F)F)nn1. The van der Waals surface area contributed by atoms with Crippen LogP contribution >= 0.6 is 0 Å². The second-order valence-electron chi connectivity index (χ2n) is 10.1. The molecule has 258 valence electrons. The molecular formula is C25H19F17N4. The molecule has 0 aliphatic rings. The van der Waals surface area contributed by atoms with E-state index in [2.05, 4.69) is 15.3 Å². The van der Waals surface area contributed by atoms with E-state index in [0.717, 1.165) is 6.20 Å². The molecule has 21 heteroatoms. The van der Waals surface area contributed by atoms with Crippen molar-refractivity contribution >= 4 is 10.9 Å². The summed E-state index contributed by atoms with van der Waals surface area (Å²) in [6, 6.07) is 8.30. The summed E-state index contributed by atoms with van der Waals surface area (Å²) in [6.07, 6.45) is -7.92. The predicted molar refractivity (Wildman–Crippen MR) is 125 cm³/mol. The van der Waals surface area contributed by atoms with Gasteiger partial charge in [0.05, 0.1) is 17.4 Å². The highest BCUT2D eigenvalue weighted by molar-refractivity contribution is 5.82. The van der Waals surface area contributed by atoms with E-state index in [-0.39, 0.29) is 11.4 Å². The Morgan fingerprint density at radius 2 is 1.20 bits per heavy atom. The molecule has 0 bridgehead atoms. The van der Waals surface area contributed by atoms with E-state index in [1.165, 1.54) is 0 Å². The van der Waals surface area contributed by atoms with Crippen LogP contribution in [0.4, 0.5) is 74.6 Å². The molecule has 4 nitrogen and oxygen atoms in total. The van der Waals surface area contributed by atoms with Crippen molar-refractivity contribution in [2.75, 3.05) is 0 Å². The van der Waals surface area contributed by atoms with Crippen LogP contribution in [-0.2, 0) is 13.0 Å². The Morgan fingerprint density at radius 3 is 1.74 bits per heavy atom. The number of rotatable bonds is 13. The molecule has 0 atom stereocenters. The maximum absolute atomic E-state index is 14.3. The maximum atomic E-state index is 14.3. The Balaban J connectivity index is 1.92. The van der Waals surface area contributed by atoms with Crippen molar-refractivity contribution in [1.29, 1.82) is 0 Å². The van der Waals surface area contributed by atoms with Crippen LogP contribution in [0.3, 0.4) is 0 Å². The highest BCUT2D eigenvalue weighted by atomic mass is 19.4. The second kappa shape index (κ2) is 11.7. The maximum Gasteiger partial charge on any atom is 0.460 e. The summed E-state index contributed by atoms with van der Waals surface area (Å²) in [5.74, 6) is -56.6. The molecule has 0 saturated heterocycles. The van der Waals surface area contributed by atoms with Crippen LogP contribution in [0.1, 0.15) is 31.7 Å². The monoisotopic (exact) mass is 698 g/mol. The number of para-hydroxylation sites is 1. The van der Waals surface area contributed by atoms with Gasteiger partial charge in [-0.2, -0.15) is 74.6 Å². The number of pyridine rings is 1. The summed E-state index contributed by atoms with van der Waals surface area (Å²) < 4.78 is 230. The molecule has 2 heterocycles. The average Bonchev–Trinajstić information content (AvgIpc) is 3.42. The fraction of sp³-hybridized carbons (Fsp3) is 0.560. The third-order valence-corrected chi connectivity index (χ3v) is 6.83. The van der Waals surface area contributed by atoms with Crippen LogP contribution in [0, 0.1) is 0 Å². The van der Waals surface area contributed by atoms with Gasteiger partial charge in [0.2, 0.25) is 0 Å². The molecule has 0 unspecified atom stereocenters. The number of benzene rings is 1. The van der Waals surface area contributed by atoms with Crippen LogP contribution in [0.15, 0.2) is 36.5 Å². The van der Waals surface area contributed by atoms with Crippen LogP contribution in [-0.4, -0.2) is 67.6 Å². The summed E-state index contributed by atoms with van der Waals surface area (Å²) in [5, 5.41) is 7.61. The number of unbranched alkanes of at least 4 members (excludes halogenated alkanes) is 1. The number of hydrogen-bond acceptors (Lipinski definition) is 3. The van der Waals surface area contributed by atoms with E-state index in [9.17, 15) is 74.6 Å². The molecule has 0 amide bonds. The van der Waals surface area contributed by atoms with Gasteiger partial charge in [-0.1, -0.05) is 36.8 Å². The predicted octanol–water partition coefficient (Wildman–Crippen LogP) is 9.24. The van der Waals surface area contributed by atoms with Crippen LogP contribution in [0.5, 0.6) is 0 Å². The van der Waals surface area contributed by atoms with Gasteiger partial charge in [-0.3, -0.25) is 4.68 Å². The topological polar surface area (TPSA) is 43.6 Å². The van der Waals surface area contributed by atoms with Gasteiger partial charge in [0.25, 0.3) is 0 Å². The molecule has 0 spiro atoms. The number of hydrogen-bond donors (Lipinski definition) is 0. The number of alkyl halides is 17. The minimum Gasteiger partial charge on any atom is -0.252 e. The van der Waals surface area contributed by atoms with E-state index in [0.29, 0.717) is 40.4 Å². The Labute approximate surface area is 246 Å². The summed E-state index contributed by atoms with van der Waals surface area (Å²) in [5.41, 5.74) is 0.925. The van der Waals surface area contributed by atoms with Crippen molar-refractivity contribution < 1.29 is 74.6 Å². The molecule has 3 rings (SSSR count). The van der Waals surface area contributed by atoms with E-state index >= 15 is 0 Å². The minimum absolute atomic E-state index is 0.125. The zero-order valence-electron chi connectivity index (χ0n) is 22.7. The second-order valence-corrected chi connectivity index (χ2v) is 10.1. The lowest BCUT2D eigenvalue weighted by molar-refractivity contribution is -0.461. The fourth-order valence-corrected chi connectivity index (χ4v) is 4.06. The van der Waals surface area contributed by atoms with Gasteiger partial charge in [0.1, 0.15) is 5.69 Å². The molecule has 0 fully saturated rings. The molecule has 0 radical (unpaired) electrons. The normalized spacial score (nSPS) is 14.7. The molecule has 3 aromatic rings. The summed E-state index contributed by atoms with van der Waals surface area (Å²) in [6.45, 7) is 0.262. The van der Waals surface area contributed by atoms with Gasteiger partial charge in [-0.05, 0) is 30.5 Å². The van der Waals surface area contributed by atoms with Gasteiger partial charge in [-0.15, -0.1) is 5.10 Å². The fourth-order valence-electron chi connectivity index (χ4n) is 4.06. The third-order valence-electron chi connectivity index (χ3n) is 6.83. The zero-order valence-corrected chi connectivity index (χ0v) is 22.7. The number of nitrogens with zero attached hydrogens (tertiary/aromatic N) is 4. The minimum atomic E-state index is -8.66. The first-order valence-corrected chi connectivity index (χ1v) is 12.7. The first-order chi connectivity index (χ1) is 20.7. The van der Waals surface area contributed by atoms with Crippen molar-refractivity contribution in [3.05, 3.63) is 42.1 Å². The molecular weight excluding hydrogens is 679 g/mol. The smallest absolute Gasteiger partial charge is 0.252 e. The lowest BCUT2D eigenvalue weighted by Gasteiger charge is -2.42. The molecule has 0 N–H and O–H groups in total. The summed E-state index contributed by atoms with van der Waals surface area (Å²) in [7, 11) is 0. The summed E-state index contributed by atoms with van der Waals surface area (Å²) >= 11 is 0. The van der Waals surface area contributed by atoms with Crippen LogP contribution in [0.25, 0.3) is 22.3 Å². The van der Waals surface area contributed by atoms with E-state index in [1.807, 2.05) is 6.92 Å². The molecule has 0 aliphatic carbocycles. The average molecular weight is 698 g/mol.